The van der Waals surface area contributed by atoms with Crippen molar-refractivity contribution in [3.63, 3.8) is 0 Å². The fourth-order valence-electron chi connectivity index (χ4n) is 4.18. The first-order valence-corrected chi connectivity index (χ1v) is 10.4. The zero-order valence-corrected chi connectivity index (χ0v) is 17.1. The van der Waals surface area contributed by atoms with Crippen LogP contribution in [-0.2, 0) is 14.3 Å². The number of imide groups is 1. The van der Waals surface area contributed by atoms with Crippen LogP contribution in [0.1, 0.15) is 50.4 Å². The number of nitrogens with one attached hydrogen (secondary N) is 2. The number of anilines is 1. The number of carbonyl (C=O) groups excluding carboxylic acids is 4. The third-order valence-corrected chi connectivity index (χ3v) is 6.53. The summed E-state index contributed by atoms with van der Waals surface area (Å²) in [5.41, 5.74) is -0.683. The predicted octanol–water partition coefficient (Wildman–Crippen LogP) is 2.61. The smallest absolute Gasteiger partial charge is 0.341 e. The van der Waals surface area contributed by atoms with Crippen molar-refractivity contribution in [3.8, 4) is 0 Å². The molecule has 1 saturated heterocycles. The molecule has 2 aliphatic rings. The van der Waals surface area contributed by atoms with Crippen molar-refractivity contribution in [2.24, 2.45) is 11.8 Å². The summed E-state index contributed by atoms with van der Waals surface area (Å²) >= 11 is 1.18. The topological polar surface area (TPSA) is 105 Å². The maximum atomic E-state index is 13.1. The van der Waals surface area contributed by atoms with Crippen LogP contribution in [0.2, 0.25) is 0 Å². The van der Waals surface area contributed by atoms with E-state index in [9.17, 15) is 19.2 Å². The summed E-state index contributed by atoms with van der Waals surface area (Å²) in [6, 6.07) is 1.02. The van der Waals surface area contributed by atoms with Crippen LogP contribution in [0.4, 0.5) is 9.80 Å². The van der Waals surface area contributed by atoms with E-state index in [0.29, 0.717) is 5.00 Å². The van der Waals surface area contributed by atoms with E-state index in [1.807, 2.05) is 13.8 Å². The van der Waals surface area contributed by atoms with Gasteiger partial charge in [-0.2, -0.15) is 0 Å². The number of hydrogen-bond acceptors (Lipinski definition) is 6. The minimum absolute atomic E-state index is 0.00785. The summed E-state index contributed by atoms with van der Waals surface area (Å²) in [7, 11) is 0. The van der Waals surface area contributed by atoms with Crippen LogP contribution >= 0.6 is 11.3 Å². The summed E-state index contributed by atoms with van der Waals surface area (Å²) in [5.74, 6) is -1.39. The Bertz CT molecular complexity index is 795. The highest BCUT2D eigenvalue weighted by Gasteiger charge is 2.58. The number of ether oxygens (including phenoxy) is 1. The molecule has 9 heteroatoms. The van der Waals surface area contributed by atoms with Crippen molar-refractivity contribution in [1.82, 2.24) is 10.2 Å². The number of thiophene rings is 1. The van der Waals surface area contributed by atoms with Crippen molar-refractivity contribution >= 4 is 40.2 Å². The van der Waals surface area contributed by atoms with Gasteiger partial charge < -0.3 is 15.4 Å². The lowest BCUT2D eigenvalue weighted by atomic mass is 9.67. The maximum absolute atomic E-state index is 13.1. The van der Waals surface area contributed by atoms with E-state index in [1.165, 1.54) is 11.3 Å². The molecule has 2 heterocycles. The Morgan fingerprint density at radius 2 is 2.00 bits per heavy atom. The molecule has 8 nitrogen and oxygen atoms in total. The van der Waals surface area contributed by atoms with E-state index in [-0.39, 0.29) is 29.9 Å². The largest absolute Gasteiger partial charge is 0.462 e. The van der Waals surface area contributed by atoms with E-state index in [2.05, 4.69) is 10.6 Å². The van der Waals surface area contributed by atoms with Crippen LogP contribution in [0.3, 0.4) is 0 Å². The summed E-state index contributed by atoms with van der Waals surface area (Å²) in [6.45, 7) is 5.46. The lowest BCUT2D eigenvalue weighted by Crippen LogP contribution is -2.59. The Balaban J connectivity index is 1.71. The van der Waals surface area contributed by atoms with Gasteiger partial charge in [-0.25, -0.2) is 9.59 Å². The first kappa shape index (κ1) is 20.3. The molecule has 28 heavy (non-hydrogen) atoms. The van der Waals surface area contributed by atoms with Crippen molar-refractivity contribution in [1.29, 1.82) is 0 Å². The lowest BCUT2D eigenvalue weighted by Gasteiger charge is -2.42. The van der Waals surface area contributed by atoms with Gasteiger partial charge in [0.05, 0.1) is 12.2 Å². The van der Waals surface area contributed by atoms with Gasteiger partial charge in [-0.1, -0.05) is 20.3 Å². The fourth-order valence-corrected chi connectivity index (χ4v) is 4.97. The van der Waals surface area contributed by atoms with Gasteiger partial charge in [-0.15, -0.1) is 11.3 Å². The number of esters is 1. The number of nitrogens with zero attached hydrogens (tertiary/aromatic N) is 1. The Morgan fingerprint density at radius 1 is 1.32 bits per heavy atom. The average Bonchev–Trinajstić information content (AvgIpc) is 3.19. The van der Waals surface area contributed by atoms with Gasteiger partial charge in [0.25, 0.3) is 5.91 Å². The van der Waals surface area contributed by atoms with Crippen LogP contribution in [0, 0.1) is 11.8 Å². The highest BCUT2D eigenvalue weighted by Crippen LogP contribution is 2.42. The molecule has 1 saturated carbocycles. The SMILES string of the molecule is CCOC(=O)c1ccsc1NC(=O)CN1C(=O)NC2(C1=O)[C@H](C)CCC[C@H]2C. The predicted molar refractivity (Wildman–Crippen MR) is 104 cm³/mol. The van der Waals surface area contributed by atoms with Gasteiger partial charge in [-0.05, 0) is 43.0 Å². The molecule has 152 valence electrons. The van der Waals surface area contributed by atoms with Crippen molar-refractivity contribution < 1.29 is 23.9 Å². The number of carbonyl (C=O) groups is 4. The Labute approximate surface area is 167 Å². The molecule has 1 aromatic heterocycles. The molecule has 1 aliphatic carbocycles. The second-order valence-corrected chi connectivity index (χ2v) is 8.27. The van der Waals surface area contributed by atoms with Crippen LogP contribution in [0.5, 0.6) is 0 Å². The molecular weight excluding hydrogens is 382 g/mol. The van der Waals surface area contributed by atoms with E-state index in [4.69, 9.17) is 4.74 Å². The Kier molecular flexibility index (Phi) is 5.74. The van der Waals surface area contributed by atoms with E-state index in [1.54, 1.807) is 18.4 Å². The second-order valence-electron chi connectivity index (χ2n) is 7.36. The molecule has 0 radical (unpaired) electrons. The summed E-state index contributed by atoms with van der Waals surface area (Å²) in [4.78, 5) is 51.0. The standard InChI is InChI=1S/C19H25N3O5S/c1-4-27-16(24)13-8-9-28-15(13)20-14(23)10-22-17(25)19(21-18(22)26)11(2)6-5-7-12(19)3/h8-9,11-12H,4-7,10H2,1-3H3,(H,20,23)(H,21,26)/t11-,12-/m1/s1. The molecular formula is C19H25N3O5S. The second kappa shape index (κ2) is 7.90. The fraction of sp³-hybridized carbons (Fsp3) is 0.579. The van der Waals surface area contributed by atoms with Gasteiger partial charge in [0.1, 0.15) is 17.1 Å². The Hall–Kier alpha value is -2.42. The maximum Gasteiger partial charge on any atom is 0.341 e. The van der Waals surface area contributed by atoms with Crippen LogP contribution in [0.25, 0.3) is 0 Å². The number of urea groups is 1. The monoisotopic (exact) mass is 407 g/mol. The average molecular weight is 407 g/mol. The Morgan fingerprint density at radius 3 is 2.64 bits per heavy atom. The normalized spacial score (nSPS) is 23.6. The summed E-state index contributed by atoms with van der Waals surface area (Å²) in [6.07, 6.45) is 2.73. The van der Waals surface area contributed by atoms with E-state index < -0.39 is 30.0 Å². The van der Waals surface area contributed by atoms with Crippen molar-refractivity contribution in [2.45, 2.75) is 45.6 Å². The van der Waals surface area contributed by atoms with Crippen molar-refractivity contribution in [3.05, 3.63) is 17.0 Å². The first-order chi connectivity index (χ1) is 13.3. The minimum Gasteiger partial charge on any atom is -0.462 e. The van der Waals surface area contributed by atoms with Crippen LogP contribution in [-0.4, -0.2) is 47.4 Å². The van der Waals surface area contributed by atoms with Gasteiger partial charge in [-0.3, -0.25) is 14.5 Å². The van der Waals surface area contributed by atoms with E-state index >= 15 is 0 Å². The van der Waals surface area contributed by atoms with E-state index in [0.717, 1.165) is 24.2 Å². The highest BCUT2D eigenvalue weighted by atomic mass is 32.1. The lowest BCUT2D eigenvalue weighted by molar-refractivity contribution is -0.138. The molecule has 1 spiro atoms. The van der Waals surface area contributed by atoms with Gasteiger partial charge >= 0.3 is 12.0 Å². The summed E-state index contributed by atoms with van der Waals surface area (Å²) in [5, 5.41) is 7.48. The van der Waals surface area contributed by atoms with Crippen molar-refractivity contribution in [2.75, 3.05) is 18.5 Å². The zero-order chi connectivity index (χ0) is 20.5. The molecule has 0 unspecified atom stereocenters. The molecule has 2 N–H and O–H groups in total. The van der Waals surface area contributed by atoms with Crippen LogP contribution < -0.4 is 10.6 Å². The number of hydrogen-bond donors (Lipinski definition) is 2. The number of amides is 4. The highest BCUT2D eigenvalue weighted by molar-refractivity contribution is 7.14. The van der Waals surface area contributed by atoms with Gasteiger partial charge in [0.2, 0.25) is 5.91 Å². The third kappa shape index (κ3) is 3.39. The number of rotatable bonds is 5. The third-order valence-electron chi connectivity index (χ3n) is 5.70. The minimum atomic E-state index is -0.936. The molecule has 0 bridgehead atoms. The first-order valence-electron chi connectivity index (χ1n) is 9.49. The molecule has 1 aromatic rings. The molecule has 3 rings (SSSR count). The van der Waals surface area contributed by atoms with Crippen LogP contribution in [0.15, 0.2) is 11.4 Å². The van der Waals surface area contributed by atoms with Gasteiger partial charge in [0, 0.05) is 0 Å². The summed E-state index contributed by atoms with van der Waals surface area (Å²) < 4.78 is 4.96. The molecule has 2 atom stereocenters. The molecule has 4 amide bonds. The zero-order valence-electron chi connectivity index (χ0n) is 16.2. The quantitative estimate of drug-likeness (QED) is 0.577. The molecule has 2 fully saturated rings. The molecule has 0 aromatic carbocycles. The van der Waals surface area contributed by atoms with Gasteiger partial charge in [0.15, 0.2) is 0 Å². The molecule has 1 aliphatic heterocycles.